The van der Waals surface area contributed by atoms with Crippen LogP contribution in [-0.2, 0) is 6.42 Å². The topological polar surface area (TPSA) is 12.0 Å². The maximum absolute atomic E-state index is 3.84. The van der Waals surface area contributed by atoms with Gasteiger partial charge in [0.15, 0.2) is 0 Å². The first-order valence-corrected chi connectivity index (χ1v) is 8.36. The molecule has 1 rings (SSSR count). The fraction of sp³-hybridized carbons (Fsp3) is 0.429. The zero-order valence-electron chi connectivity index (χ0n) is 14.7. The molecule has 120 valence electrons. The van der Waals surface area contributed by atoms with E-state index in [4.69, 9.17) is 0 Å². The van der Waals surface area contributed by atoms with Crippen molar-refractivity contribution in [3.05, 3.63) is 65.3 Å². The van der Waals surface area contributed by atoms with Gasteiger partial charge in [-0.25, -0.2) is 0 Å². The average molecular weight is 297 g/mol. The summed E-state index contributed by atoms with van der Waals surface area (Å²) < 4.78 is 0. The Morgan fingerprint density at radius 1 is 1.18 bits per heavy atom. The van der Waals surface area contributed by atoms with Gasteiger partial charge < -0.3 is 5.32 Å². The molecule has 0 aromatic heterocycles. The van der Waals surface area contributed by atoms with Gasteiger partial charge >= 0.3 is 0 Å². The summed E-state index contributed by atoms with van der Waals surface area (Å²) in [5.74, 6) is 0. The molecule has 0 fully saturated rings. The number of aryl methyl sites for hydroxylation is 1. The molecule has 0 aliphatic carbocycles. The summed E-state index contributed by atoms with van der Waals surface area (Å²) in [6.07, 6.45) is 8.64. The van der Waals surface area contributed by atoms with E-state index in [9.17, 15) is 0 Å². The lowest BCUT2D eigenvalue weighted by molar-refractivity contribution is 0.808. The predicted octanol–water partition coefficient (Wildman–Crippen LogP) is 5.54. The van der Waals surface area contributed by atoms with E-state index < -0.39 is 0 Å². The van der Waals surface area contributed by atoms with Crippen LogP contribution in [0.2, 0.25) is 0 Å². The summed E-state index contributed by atoms with van der Waals surface area (Å²) >= 11 is 0. The SMILES string of the molecule is C=CCC/C(C)=C(C)/C(=C\CCNC)c1ccccc1CC. The van der Waals surface area contributed by atoms with E-state index >= 15 is 0 Å². The Balaban J connectivity index is 3.23. The molecule has 0 aliphatic heterocycles. The van der Waals surface area contributed by atoms with Crippen molar-refractivity contribution < 1.29 is 0 Å². The van der Waals surface area contributed by atoms with Gasteiger partial charge in [0, 0.05) is 0 Å². The van der Waals surface area contributed by atoms with Gasteiger partial charge in [-0.2, -0.15) is 0 Å². The van der Waals surface area contributed by atoms with Gasteiger partial charge in [-0.3, -0.25) is 0 Å². The highest BCUT2D eigenvalue weighted by Crippen LogP contribution is 2.30. The van der Waals surface area contributed by atoms with E-state index in [1.165, 1.54) is 27.8 Å². The van der Waals surface area contributed by atoms with E-state index in [0.717, 1.165) is 32.2 Å². The smallest absolute Gasteiger partial charge is 0.00169 e. The monoisotopic (exact) mass is 297 g/mol. The highest BCUT2D eigenvalue weighted by atomic mass is 14.8. The molecule has 22 heavy (non-hydrogen) atoms. The minimum Gasteiger partial charge on any atom is -0.319 e. The number of allylic oxidation sites excluding steroid dienone is 4. The Kier molecular flexibility index (Phi) is 8.54. The number of nitrogens with one attached hydrogen (secondary N) is 1. The van der Waals surface area contributed by atoms with Crippen molar-refractivity contribution in [2.24, 2.45) is 0 Å². The summed E-state index contributed by atoms with van der Waals surface area (Å²) in [6, 6.07) is 8.78. The molecule has 0 aliphatic rings. The van der Waals surface area contributed by atoms with Gasteiger partial charge in [-0.05, 0) is 75.4 Å². The predicted molar refractivity (Wildman–Crippen MR) is 100 cm³/mol. The summed E-state index contributed by atoms with van der Waals surface area (Å²) in [4.78, 5) is 0. The van der Waals surface area contributed by atoms with Crippen LogP contribution in [0.15, 0.2) is 54.1 Å². The van der Waals surface area contributed by atoms with E-state index in [2.05, 4.69) is 63.0 Å². The van der Waals surface area contributed by atoms with Crippen LogP contribution in [0.3, 0.4) is 0 Å². The molecule has 1 aromatic carbocycles. The number of benzene rings is 1. The standard InChI is InChI=1S/C21H31N/c1-6-8-12-17(3)18(4)20(15-11-16-22-5)21-14-10-9-13-19(21)7-2/h6,9-10,13-15,22H,1,7-8,11-12,16H2,2-5H3/b18-17+,20-15+. The van der Waals surface area contributed by atoms with Crippen molar-refractivity contribution in [3.63, 3.8) is 0 Å². The van der Waals surface area contributed by atoms with Gasteiger partial charge in [0.1, 0.15) is 0 Å². The average Bonchev–Trinajstić information content (AvgIpc) is 2.56. The van der Waals surface area contributed by atoms with Crippen LogP contribution in [0.1, 0.15) is 51.2 Å². The van der Waals surface area contributed by atoms with Crippen LogP contribution in [0, 0.1) is 0 Å². The van der Waals surface area contributed by atoms with Crippen LogP contribution in [0.4, 0.5) is 0 Å². The Bertz CT molecular complexity index is 535. The third kappa shape index (κ3) is 5.31. The fourth-order valence-electron chi connectivity index (χ4n) is 2.65. The second-order valence-corrected chi connectivity index (χ2v) is 5.75. The largest absolute Gasteiger partial charge is 0.319 e. The summed E-state index contributed by atoms with van der Waals surface area (Å²) in [6.45, 7) is 11.6. The van der Waals surface area contributed by atoms with Gasteiger partial charge in [-0.1, -0.05) is 48.9 Å². The fourth-order valence-corrected chi connectivity index (χ4v) is 2.65. The quantitative estimate of drug-likeness (QED) is 0.358. The molecule has 0 atom stereocenters. The summed E-state index contributed by atoms with van der Waals surface area (Å²) in [5, 5.41) is 3.23. The molecule has 1 N–H and O–H groups in total. The molecule has 0 spiro atoms. The van der Waals surface area contributed by atoms with Crippen molar-refractivity contribution in [1.29, 1.82) is 0 Å². The van der Waals surface area contributed by atoms with Crippen molar-refractivity contribution in [2.75, 3.05) is 13.6 Å². The molecule has 0 unspecified atom stereocenters. The normalized spacial score (nSPS) is 13.0. The van der Waals surface area contributed by atoms with Crippen LogP contribution in [0.5, 0.6) is 0 Å². The van der Waals surface area contributed by atoms with Crippen molar-refractivity contribution in [1.82, 2.24) is 5.32 Å². The number of hydrogen-bond donors (Lipinski definition) is 1. The maximum Gasteiger partial charge on any atom is -0.00169 e. The van der Waals surface area contributed by atoms with Crippen LogP contribution in [-0.4, -0.2) is 13.6 Å². The molecular formula is C21H31N. The van der Waals surface area contributed by atoms with E-state index in [0.29, 0.717) is 0 Å². The second kappa shape index (κ2) is 10.2. The molecule has 0 saturated carbocycles. The lowest BCUT2D eigenvalue weighted by Crippen LogP contribution is -2.06. The number of hydrogen-bond acceptors (Lipinski definition) is 1. The lowest BCUT2D eigenvalue weighted by Gasteiger charge is -2.16. The number of rotatable bonds is 9. The van der Waals surface area contributed by atoms with Crippen molar-refractivity contribution in [2.45, 2.75) is 46.5 Å². The molecule has 0 radical (unpaired) electrons. The Morgan fingerprint density at radius 3 is 2.55 bits per heavy atom. The van der Waals surface area contributed by atoms with E-state index in [-0.39, 0.29) is 0 Å². The molecule has 1 heteroatoms. The Hall–Kier alpha value is -1.60. The molecule has 0 heterocycles. The minimum atomic E-state index is 1.01. The van der Waals surface area contributed by atoms with E-state index in [1.54, 1.807) is 0 Å². The molecule has 1 aromatic rings. The summed E-state index contributed by atoms with van der Waals surface area (Å²) in [7, 11) is 2.01. The summed E-state index contributed by atoms with van der Waals surface area (Å²) in [5.41, 5.74) is 7.08. The molecular weight excluding hydrogens is 266 g/mol. The minimum absolute atomic E-state index is 1.01. The Morgan fingerprint density at radius 2 is 1.91 bits per heavy atom. The zero-order chi connectivity index (χ0) is 16.4. The van der Waals surface area contributed by atoms with Gasteiger partial charge in [0.2, 0.25) is 0 Å². The lowest BCUT2D eigenvalue weighted by atomic mass is 9.89. The highest BCUT2D eigenvalue weighted by molar-refractivity contribution is 5.81. The van der Waals surface area contributed by atoms with Gasteiger partial charge in [0.05, 0.1) is 0 Å². The third-order valence-electron chi connectivity index (χ3n) is 4.20. The molecule has 0 amide bonds. The Labute approximate surface area is 136 Å². The first-order chi connectivity index (χ1) is 10.7. The highest BCUT2D eigenvalue weighted by Gasteiger charge is 2.10. The van der Waals surface area contributed by atoms with Crippen LogP contribution >= 0.6 is 0 Å². The van der Waals surface area contributed by atoms with Crippen LogP contribution < -0.4 is 5.32 Å². The molecule has 1 nitrogen and oxygen atoms in total. The first-order valence-electron chi connectivity index (χ1n) is 8.36. The zero-order valence-corrected chi connectivity index (χ0v) is 14.7. The van der Waals surface area contributed by atoms with Crippen LogP contribution in [0.25, 0.3) is 5.57 Å². The van der Waals surface area contributed by atoms with Crippen molar-refractivity contribution >= 4 is 5.57 Å². The maximum atomic E-state index is 3.84. The van der Waals surface area contributed by atoms with Gasteiger partial charge in [-0.15, -0.1) is 6.58 Å². The van der Waals surface area contributed by atoms with E-state index in [1.807, 2.05) is 13.1 Å². The molecule has 0 bridgehead atoms. The molecule has 0 saturated heterocycles. The second-order valence-electron chi connectivity index (χ2n) is 5.75. The van der Waals surface area contributed by atoms with Gasteiger partial charge in [0.25, 0.3) is 0 Å². The first kappa shape index (κ1) is 18.4. The third-order valence-corrected chi connectivity index (χ3v) is 4.20. The van der Waals surface area contributed by atoms with Crippen molar-refractivity contribution in [3.8, 4) is 0 Å².